The number of hydrogen-bond donors (Lipinski definition) is 1. The zero-order valence-electron chi connectivity index (χ0n) is 10.5. The van der Waals surface area contributed by atoms with Crippen LogP contribution in [-0.4, -0.2) is 10.9 Å². The monoisotopic (exact) mass is 328 g/mol. The molecule has 0 spiro atoms. The standard InChI is InChI=1S/C12H7F7N2O/c13-9-8(12(17,18)19)6-3-5(4-11(14,15)16)1-2-7(6)21(20)10(9)22/h1-3H,4,20H2. The lowest BCUT2D eigenvalue weighted by molar-refractivity contribution is -0.138. The first-order valence-electron chi connectivity index (χ1n) is 5.68. The molecule has 0 amide bonds. The predicted molar refractivity (Wildman–Crippen MR) is 63.1 cm³/mol. The maximum absolute atomic E-state index is 13.6. The SMILES string of the molecule is Nn1c(=O)c(F)c(C(F)(F)F)c2cc(CC(F)(F)F)ccc21. The molecule has 22 heavy (non-hydrogen) atoms. The highest BCUT2D eigenvalue weighted by Gasteiger charge is 2.39. The molecule has 2 rings (SSSR count). The molecule has 0 bridgehead atoms. The maximum atomic E-state index is 13.6. The van der Waals surface area contributed by atoms with E-state index in [0.717, 1.165) is 12.1 Å². The second kappa shape index (κ2) is 4.89. The molecule has 0 aliphatic heterocycles. The van der Waals surface area contributed by atoms with Crippen LogP contribution in [0.5, 0.6) is 0 Å². The summed E-state index contributed by atoms with van der Waals surface area (Å²) in [6, 6.07) is 2.21. The summed E-state index contributed by atoms with van der Waals surface area (Å²) < 4.78 is 89.4. The van der Waals surface area contributed by atoms with Gasteiger partial charge in [-0.1, -0.05) is 6.07 Å². The molecule has 2 N–H and O–H groups in total. The van der Waals surface area contributed by atoms with Gasteiger partial charge in [-0.15, -0.1) is 0 Å². The van der Waals surface area contributed by atoms with Crippen LogP contribution < -0.4 is 11.4 Å². The fraction of sp³-hybridized carbons (Fsp3) is 0.250. The fourth-order valence-corrected chi connectivity index (χ4v) is 2.05. The summed E-state index contributed by atoms with van der Waals surface area (Å²) in [7, 11) is 0. The molecule has 0 radical (unpaired) electrons. The van der Waals surface area contributed by atoms with E-state index in [1.165, 1.54) is 0 Å². The molecule has 0 fully saturated rings. The van der Waals surface area contributed by atoms with Gasteiger partial charge in [-0.3, -0.25) is 4.79 Å². The average Bonchev–Trinajstić information content (AvgIpc) is 2.32. The molecule has 0 saturated heterocycles. The van der Waals surface area contributed by atoms with Crippen molar-refractivity contribution in [1.29, 1.82) is 0 Å². The van der Waals surface area contributed by atoms with Crippen molar-refractivity contribution in [2.24, 2.45) is 0 Å². The van der Waals surface area contributed by atoms with Gasteiger partial charge in [-0.2, -0.15) is 26.3 Å². The largest absolute Gasteiger partial charge is 0.420 e. The van der Waals surface area contributed by atoms with E-state index < -0.39 is 52.2 Å². The quantitative estimate of drug-likeness (QED) is 0.646. The highest BCUT2D eigenvalue weighted by molar-refractivity contribution is 5.84. The molecule has 1 aromatic heterocycles. The van der Waals surface area contributed by atoms with Crippen LogP contribution in [0.3, 0.4) is 0 Å². The first-order chi connectivity index (χ1) is 9.92. The van der Waals surface area contributed by atoms with Gasteiger partial charge in [0.2, 0.25) is 5.82 Å². The highest BCUT2D eigenvalue weighted by atomic mass is 19.4. The molecular formula is C12H7F7N2O. The predicted octanol–water partition coefficient (Wildman–Crippen LogP) is 2.98. The smallest absolute Gasteiger partial charge is 0.336 e. The molecule has 0 aliphatic rings. The van der Waals surface area contributed by atoms with Gasteiger partial charge in [0.1, 0.15) is 5.56 Å². The van der Waals surface area contributed by atoms with Crippen molar-refractivity contribution in [3.63, 3.8) is 0 Å². The molecule has 120 valence electrons. The van der Waals surface area contributed by atoms with Gasteiger partial charge in [0.25, 0.3) is 0 Å². The number of rotatable bonds is 1. The number of hydrogen-bond acceptors (Lipinski definition) is 2. The molecule has 0 unspecified atom stereocenters. The Kier molecular flexibility index (Phi) is 3.58. The van der Waals surface area contributed by atoms with Crippen LogP contribution in [-0.2, 0) is 12.6 Å². The third-order valence-electron chi connectivity index (χ3n) is 2.90. The van der Waals surface area contributed by atoms with E-state index in [0.29, 0.717) is 6.07 Å². The number of halogens is 7. The number of nitrogens with zero attached hydrogens (tertiary/aromatic N) is 1. The first-order valence-corrected chi connectivity index (χ1v) is 5.68. The van der Waals surface area contributed by atoms with Crippen molar-refractivity contribution >= 4 is 10.9 Å². The second-order valence-corrected chi connectivity index (χ2v) is 4.51. The molecule has 3 nitrogen and oxygen atoms in total. The van der Waals surface area contributed by atoms with Crippen LogP contribution in [0, 0.1) is 5.82 Å². The lowest BCUT2D eigenvalue weighted by Gasteiger charge is -2.15. The molecule has 0 atom stereocenters. The first kappa shape index (κ1) is 16.1. The lowest BCUT2D eigenvalue weighted by Crippen LogP contribution is -2.32. The van der Waals surface area contributed by atoms with Crippen molar-refractivity contribution in [2.45, 2.75) is 18.8 Å². The molecule has 1 aromatic carbocycles. The Hall–Kier alpha value is -2.26. The third kappa shape index (κ3) is 2.85. The topological polar surface area (TPSA) is 48.0 Å². The highest BCUT2D eigenvalue weighted by Crippen LogP contribution is 2.36. The van der Waals surface area contributed by atoms with Gasteiger partial charge in [-0.05, 0) is 17.7 Å². The fourth-order valence-electron chi connectivity index (χ4n) is 2.05. The Bertz CT molecular complexity index is 789. The number of alkyl halides is 6. The third-order valence-corrected chi connectivity index (χ3v) is 2.90. The van der Waals surface area contributed by atoms with Crippen molar-refractivity contribution in [2.75, 3.05) is 5.84 Å². The second-order valence-electron chi connectivity index (χ2n) is 4.51. The van der Waals surface area contributed by atoms with Gasteiger partial charge in [0.15, 0.2) is 0 Å². The van der Waals surface area contributed by atoms with Crippen LogP contribution in [0.2, 0.25) is 0 Å². The van der Waals surface area contributed by atoms with Crippen LogP contribution in [0.25, 0.3) is 10.9 Å². The molecule has 0 saturated carbocycles. The number of aromatic nitrogens is 1. The van der Waals surface area contributed by atoms with E-state index in [9.17, 15) is 35.5 Å². The van der Waals surface area contributed by atoms with Crippen molar-refractivity contribution in [3.05, 3.63) is 45.5 Å². The van der Waals surface area contributed by atoms with Gasteiger partial charge in [0, 0.05) is 5.39 Å². The zero-order valence-corrected chi connectivity index (χ0v) is 10.5. The summed E-state index contributed by atoms with van der Waals surface area (Å²) in [5, 5.41) is -0.908. The van der Waals surface area contributed by atoms with Gasteiger partial charge >= 0.3 is 17.9 Å². The van der Waals surface area contributed by atoms with E-state index in [-0.39, 0.29) is 4.68 Å². The Morgan fingerprint density at radius 3 is 2.18 bits per heavy atom. The van der Waals surface area contributed by atoms with E-state index >= 15 is 0 Å². The van der Waals surface area contributed by atoms with Gasteiger partial charge in [0.05, 0.1) is 11.9 Å². The van der Waals surface area contributed by atoms with E-state index in [2.05, 4.69) is 0 Å². The summed E-state index contributed by atoms with van der Waals surface area (Å²) in [5.41, 5.74) is -4.69. The van der Waals surface area contributed by atoms with Crippen LogP contribution in [0.1, 0.15) is 11.1 Å². The summed E-state index contributed by atoms with van der Waals surface area (Å²) in [6.45, 7) is 0. The summed E-state index contributed by atoms with van der Waals surface area (Å²) >= 11 is 0. The number of pyridine rings is 1. The summed E-state index contributed by atoms with van der Waals surface area (Å²) in [5.74, 6) is 3.02. The molecule has 0 aliphatic carbocycles. The minimum absolute atomic E-state index is 0.122. The maximum Gasteiger partial charge on any atom is 0.420 e. The zero-order chi connectivity index (χ0) is 16.9. The summed E-state index contributed by atoms with van der Waals surface area (Å²) in [6.07, 6.45) is -11.4. The van der Waals surface area contributed by atoms with E-state index in [4.69, 9.17) is 5.84 Å². The number of fused-ring (bicyclic) bond motifs is 1. The van der Waals surface area contributed by atoms with Gasteiger partial charge < -0.3 is 5.84 Å². The average molecular weight is 328 g/mol. The molecule has 2 aromatic rings. The molecule has 1 heterocycles. The van der Waals surface area contributed by atoms with Crippen molar-refractivity contribution in [3.8, 4) is 0 Å². The molecule has 10 heteroatoms. The molecular weight excluding hydrogens is 321 g/mol. The normalized spacial score (nSPS) is 12.9. The Labute approximate surface area is 117 Å². The van der Waals surface area contributed by atoms with Crippen molar-refractivity contribution < 1.29 is 30.7 Å². The number of nitrogens with two attached hydrogens (primary N) is 1. The Morgan fingerprint density at radius 1 is 1.09 bits per heavy atom. The van der Waals surface area contributed by atoms with Crippen LogP contribution in [0.15, 0.2) is 23.0 Å². The minimum atomic E-state index is -5.26. The van der Waals surface area contributed by atoms with Crippen molar-refractivity contribution in [1.82, 2.24) is 4.68 Å². The minimum Gasteiger partial charge on any atom is -0.336 e. The van der Waals surface area contributed by atoms with E-state index in [1.54, 1.807) is 0 Å². The van der Waals surface area contributed by atoms with Crippen LogP contribution in [0.4, 0.5) is 30.7 Å². The number of benzene rings is 1. The van der Waals surface area contributed by atoms with Crippen LogP contribution >= 0.6 is 0 Å². The number of nitrogen functional groups attached to an aromatic ring is 1. The Balaban J connectivity index is 2.85. The van der Waals surface area contributed by atoms with Gasteiger partial charge in [-0.25, -0.2) is 9.07 Å². The van der Waals surface area contributed by atoms with E-state index in [1.807, 2.05) is 0 Å². The lowest BCUT2D eigenvalue weighted by atomic mass is 10.0. The summed E-state index contributed by atoms with van der Waals surface area (Å²) in [4.78, 5) is 11.3. The Morgan fingerprint density at radius 2 is 1.68 bits per heavy atom.